The van der Waals surface area contributed by atoms with Crippen molar-refractivity contribution in [2.75, 3.05) is 0 Å². The van der Waals surface area contributed by atoms with Crippen molar-refractivity contribution in [2.24, 2.45) is 0 Å². The SMILES string of the molecule is Cc1cnc(OC2CC(C)(F)C2)s1. The first-order chi connectivity index (χ1) is 6.05. The van der Waals surface area contributed by atoms with Crippen LogP contribution >= 0.6 is 11.3 Å². The first-order valence-electron chi connectivity index (χ1n) is 4.33. The molecule has 0 aliphatic heterocycles. The molecule has 0 unspecified atom stereocenters. The van der Waals surface area contributed by atoms with E-state index >= 15 is 0 Å². The predicted octanol–water partition coefficient (Wildman–Crippen LogP) is 2.72. The zero-order valence-electron chi connectivity index (χ0n) is 7.71. The summed E-state index contributed by atoms with van der Waals surface area (Å²) >= 11 is 1.51. The normalized spacial score (nSPS) is 32.7. The van der Waals surface area contributed by atoms with Crippen molar-refractivity contribution >= 4 is 11.3 Å². The van der Waals surface area contributed by atoms with E-state index in [2.05, 4.69) is 4.98 Å². The molecule has 1 aromatic rings. The van der Waals surface area contributed by atoms with E-state index in [1.807, 2.05) is 6.92 Å². The Bertz CT molecular complexity index is 302. The van der Waals surface area contributed by atoms with Crippen molar-refractivity contribution in [2.45, 2.75) is 38.5 Å². The van der Waals surface area contributed by atoms with Crippen LogP contribution < -0.4 is 4.74 Å². The van der Waals surface area contributed by atoms with Gasteiger partial charge in [-0.15, -0.1) is 0 Å². The van der Waals surface area contributed by atoms with Gasteiger partial charge in [-0.3, -0.25) is 0 Å². The fourth-order valence-corrected chi connectivity index (χ4v) is 2.17. The summed E-state index contributed by atoms with van der Waals surface area (Å²) in [5.74, 6) is 0. The molecule has 1 aliphatic carbocycles. The Balaban J connectivity index is 1.87. The molecule has 0 aromatic carbocycles. The molecule has 0 spiro atoms. The van der Waals surface area contributed by atoms with Crippen LogP contribution in [-0.4, -0.2) is 16.8 Å². The van der Waals surface area contributed by atoms with Gasteiger partial charge in [-0.05, 0) is 13.8 Å². The summed E-state index contributed by atoms with van der Waals surface area (Å²) in [6, 6.07) is 0. The summed E-state index contributed by atoms with van der Waals surface area (Å²) in [4.78, 5) is 5.18. The second-order valence-corrected chi connectivity index (χ2v) is 5.00. The Labute approximate surface area is 80.8 Å². The van der Waals surface area contributed by atoms with Crippen LogP contribution in [0.5, 0.6) is 5.19 Å². The molecule has 0 N–H and O–H groups in total. The van der Waals surface area contributed by atoms with Crippen LogP contribution in [0.15, 0.2) is 6.20 Å². The van der Waals surface area contributed by atoms with Gasteiger partial charge in [0, 0.05) is 23.9 Å². The molecule has 4 heteroatoms. The lowest BCUT2D eigenvalue weighted by Crippen LogP contribution is -2.44. The average Bonchev–Trinajstić information content (AvgIpc) is 2.31. The topological polar surface area (TPSA) is 22.1 Å². The standard InChI is InChI=1S/C9H12FNOS/c1-6-5-11-8(13-6)12-7-3-9(2,10)4-7/h5,7H,3-4H2,1-2H3. The third-order valence-electron chi connectivity index (χ3n) is 2.17. The molecule has 0 radical (unpaired) electrons. The Kier molecular flexibility index (Phi) is 2.02. The number of ether oxygens (including phenoxy) is 1. The van der Waals surface area contributed by atoms with Crippen molar-refractivity contribution in [1.82, 2.24) is 4.98 Å². The summed E-state index contributed by atoms with van der Waals surface area (Å²) in [6.07, 6.45) is 2.78. The van der Waals surface area contributed by atoms with Crippen molar-refractivity contribution in [3.05, 3.63) is 11.1 Å². The van der Waals surface area contributed by atoms with Crippen LogP contribution in [0.4, 0.5) is 4.39 Å². The maximum Gasteiger partial charge on any atom is 0.273 e. The monoisotopic (exact) mass is 201 g/mol. The average molecular weight is 201 g/mol. The van der Waals surface area contributed by atoms with E-state index in [-0.39, 0.29) is 6.10 Å². The summed E-state index contributed by atoms with van der Waals surface area (Å²) in [5, 5.41) is 0.665. The zero-order chi connectivity index (χ0) is 9.47. The van der Waals surface area contributed by atoms with Gasteiger partial charge in [0.1, 0.15) is 11.8 Å². The molecular formula is C9H12FNOS. The quantitative estimate of drug-likeness (QED) is 0.734. The van der Waals surface area contributed by atoms with Crippen LogP contribution in [-0.2, 0) is 0 Å². The zero-order valence-corrected chi connectivity index (χ0v) is 8.53. The number of halogens is 1. The minimum Gasteiger partial charge on any atom is -0.466 e. The van der Waals surface area contributed by atoms with E-state index in [0.717, 1.165) is 4.88 Å². The Morgan fingerprint density at radius 3 is 2.85 bits per heavy atom. The number of rotatable bonds is 2. The number of hydrogen-bond donors (Lipinski definition) is 0. The molecule has 0 amide bonds. The van der Waals surface area contributed by atoms with Crippen LogP contribution in [0.3, 0.4) is 0 Å². The number of nitrogens with zero attached hydrogens (tertiary/aromatic N) is 1. The first-order valence-corrected chi connectivity index (χ1v) is 5.15. The number of aryl methyl sites for hydroxylation is 1. The number of aromatic nitrogens is 1. The van der Waals surface area contributed by atoms with E-state index in [1.165, 1.54) is 11.3 Å². The second-order valence-electron chi connectivity index (χ2n) is 3.80. The van der Waals surface area contributed by atoms with Gasteiger partial charge in [-0.1, -0.05) is 11.3 Å². The van der Waals surface area contributed by atoms with Gasteiger partial charge in [0.25, 0.3) is 5.19 Å². The van der Waals surface area contributed by atoms with Crippen molar-refractivity contribution in [3.8, 4) is 5.19 Å². The van der Waals surface area contributed by atoms with Crippen molar-refractivity contribution < 1.29 is 9.13 Å². The van der Waals surface area contributed by atoms with Crippen molar-refractivity contribution in [3.63, 3.8) is 0 Å². The molecule has 0 saturated heterocycles. The van der Waals surface area contributed by atoms with E-state index in [4.69, 9.17) is 4.74 Å². The van der Waals surface area contributed by atoms with E-state index < -0.39 is 5.67 Å². The first kappa shape index (κ1) is 8.94. The highest BCUT2D eigenvalue weighted by molar-refractivity contribution is 7.13. The summed E-state index contributed by atoms with van der Waals surface area (Å²) < 4.78 is 18.5. The van der Waals surface area contributed by atoms with Crippen LogP contribution in [0.25, 0.3) is 0 Å². The lowest BCUT2D eigenvalue weighted by Gasteiger charge is -2.37. The highest BCUT2D eigenvalue weighted by Gasteiger charge is 2.42. The van der Waals surface area contributed by atoms with Gasteiger partial charge in [0.05, 0.1) is 0 Å². The highest BCUT2D eigenvalue weighted by atomic mass is 32.1. The van der Waals surface area contributed by atoms with Gasteiger partial charge in [-0.25, -0.2) is 9.37 Å². The van der Waals surface area contributed by atoms with E-state index in [9.17, 15) is 4.39 Å². The van der Waals surface area contributed by atoms with Crippen molar-refractivity contribution in [1.29, 1.82) is 0 Å². The molecule has 0 bridgehead atoms. The third kappa shape index (κ3) is 1.99. The number of alkyl halides is 1. The minimum absolute atomic E-state index is 0.0283. The largest absolute Gasteiger partial charge is 0.466 e. The summed E-state index contributed by atoms with van der Waals surface area (Å²) in [5.41, 5.74) is -1.02. The lowest BCUT2D eigenvalue weighted by molar-refractivity contribution is -0.0292. The highest BCUT2D eigenvalue weighted by Crippen LogP contribution is 2.38. The van der Waals surface area contributed by atoms with Crippen LogP contribution in [0.2, 0.25) is 0 Å². The molecule has 13 heavy (non-hydrogen) atoms. The molecule has 2 nitrogen and oxygen atoms in total. The summed E-state index contributed by atoms with van der Waals surface area (Å²) in [6.45, 7) is 3.59. The summed E-state index contributed by atoms with van der Waals surface area (Å²) in [7, 11) is 0. The molecule has 1 aliphatic rings. The minimum atomic E-state index is -1.02. The Hall–Kier alpha value is -0.640. The molecular weight excluding hydrogens is 189 g/mol. The number of hydrogen-bond acceptors (Lipinski definition) is 3. The molecule has 1 fully saturated rings. The third-order valence-corrected chi connectivity index (χ3v) is 2.98. The lowest BCUT2D eigenvalue weighted by atomic mass is 9.81. The van der Waals surface area contributed by atoms with Gasteiger partial charge < -0.3 is 4.74 Å². The fourth-order valence-electron chi connectivity index (χ4n) is 1.50. The second kappa shape index (κ2) is 2.94. The molecule has 1 aromatic heterocycles. The Morgan fingerprint density at radius 1 is 1.69 bits per heavy atom. The van der Waals surface area contributed by atoms with E-state index in [1.54, 1.807) is 13.1 Å². The van der Waals surface area contributed by atoms with Gasteiger partial charge >= 0.3 is 0 Å². The van der Waals surface area contributed by atoms with Crippen LogP contribution in [0.1, 0.15) is 24.6 Å². The maximum absolute atomic E-state index is 13.1. The molecule has 0 atom stereocenters. The molecule has 72 valence electrons. The number of thiazole rings is 1. The van der Waals surface area contributed by atoms with E-state index in [0.29, 0.717) is 18.0 Å². The molecule has 2 rings (SSSR count). The molecule has 1 saturated carbocycles. The predicted molar refractivity (Wildman–Crippen MR) is 50.0 cm³/mol. The van der Waals surface area contributed by atoms with Gasteiger partial charge in [0.15, 0.2) is 0 Å². The van der Waals surface area contributed by atoms with Gasteiger partial charge in [0.2, 0.25) is 0 Å². The van der Waals surface area contributed by atoms with Crippen LogP contribution in [0, 0.1) is 6.92 Å². The molecule has 1 heterocycles. The van der Waals surface area contributed by atoms with Gasteiger partial charge in [-0.2, -0.15) is 0 Å². The fraction of sp³-hybridized carbons (Fsp3) is 0.667. The smallest absolute Gasteiger partial charge is 0.273 e. The maximum atomic E-state index is 13.1. The Morgan fingerprint density at radius 2 is 2.38 bits per heavy atom.